The Hall–Kier alpha value is -1.39. The van der Waals surface area contributed by atoms with Crippen molar-refractivity contribution in [3.8, 4) is 0 Å². The highest BCUT2D eigenvalue weighted by Gasteiger charge is 2.17. The van der Waals surface area contributed by atoms with E-state index < -0.39 is 23.5 Å². The molecular formula is C7H7F3N2. The van der Waals surface area contributed by atoms with E-state index in [1.165, 1.54) is 0 Å². The molecule has 0 atom stereocenters. The van der Waals surface area contributed by atoms with Crippen molar-refractivity contribution >= 4 is 11.4 Å². The Morgan fingerprint density at radius 2 is 1.75 bits per heavy atom. The molecule has 1 rings (SSSR count). The molecule has 0 bridgehead atoms. The number of alkyl halides is 2. The van der Waals surface area contributed by atoms with Gasteiger partial charge in [-0.15, -0.1) is 0 Å². The second-order valence-electron chi connectivity index (χ2n) is 2.26. The topological polar surface area (TPSA) is 52.0 Å². The van der Waals surface area contributed by atoms with Gasteiger partial charge in [0.15, 0.2) is 0 Å². The molecule has 12 heavy (non-hydrogen) atoms. The minimum absolute atomic E-state index is 0.191. The van der Waals surface area contributed by atoms with E-state index >= 15 is 0 Å². The van der Waals surface area contributed by atoms with E-state index in [0.717, 1.165) is 12.1 Å². The molecule has 0 radical (unpaired) electrons. The van der Waals surface area contributed by atoms with E-state index in [1.807, 2.05) is 0 Å². The Bertz CT molecular complexity index is 299. The number of anilines is 2. The van der Waals surface area contributed by atoms with Gasteiger partial charge in [-0.1, -0.05) is 0 Å². The first kappa shape index (κ1) is 8.70. The summed E-state index contributed by atoms with van der Waals surface area (Å²) in [4.78, 5) is 0. The fourth-order valence-electron chi connectivity index (χ4n) is 0.870. The smallest absolute Gasteiger partial charge is 0.267 e. The summed E-state index contributed by atoms with van der Waals surface area (Å²) in [5.41, 5.74) is 8.81. The summed E-state index contributed by atoms with van der Waals surface area (Å²) in [5, 5.41) is 0. The maximum absolute atomic E-state index is 12.6. The average molecular weight is 176 g/mol. The van der Waals surface area contributed by atoms with Gasteiger partial charge in [0, 0.05) is 5.69 Å². The Morgan fingerprint density at radius 3 is 2.17 bits per heavy atom. The number of hydrogen-bond donors (Lipinski definition) is 2. The van der Waals surface area contributed by atoms with Crippen LogP contribution in [0.15, 0.2) is 12.1 Å². The number of rotatable bonds is 1. The molecule has 0 aliphatic rings. The molecule has 66 valence electrons. The van der Waals surface area contributed by atoms with Crippen LogP contribution in [0.25, 0.3) is 0 Å². The molecule has 0 spiro atoms. The predicted molar refractivity (Wildman–Crippen MR) is 40.2 cm³/mol. The summed E-state index contributed by atoms with van der Waals surface area (Å²) in [6.45, 7) is 0. The molecule has 4 N–H and O–H groups in total. The zero-order valence-corrected chi connectivity index (χ0v) is 6.02. The lowest BCUT2D eigenvalue weighted by atomic mass is 10.1. The van der Waals surface area contributed by atoms with Crippen LogP contribution in [0.2, 0.25) is 0 Å². The molecule has 1 aromatic carbocycles. The molecule has 0 amide bonds. The van der Waals surface area contributed by atoms with Crippen LogP contribution in [0.1, 0.15) is 12.0 Å². The van der Waals surface area contributed by atoms with Crippen LogP contribution in [0.5, 0.6) is 0 Å². The SMILES string of the molecule is Nc1ccc(F)c(N)c1C(F)F. The van der Waals surface area contributed by atoms with Gasteiger partial charge in [-0.25, -0.2) is 13.2 Å². The first-order valence-corrected chi connectivity index (χ1v) is 3.15. The van der Waals surface area contributed by atoms with Crippen LogP contribution in [-0.4, -0.2) is 0 Å². The molecule has 0 aliphatic carbocycles. The lowest BCUT2D eigenvalue weighted by molar-refractivity contribution is 0.152. The molecule has 0 aliphatic heterocycles. The monoisotopic (exact) mass is 176 g/mol. The Balaban J connectivity index is 3.33. The minimum Gasteiger partial charge on any atom is -0.398 e. The van der Waals surface area contributed by atoms with Crippen LogP contribution < -0.4 is 11.5 Å². The molecule has 1 aromatic rings. The van der Waals surface area contributed by atoms with Gasteiger partial charge in [0.1, 0.15) is 5.82 Å². The third kappa shape index (κ3) is 1.30. The first-order chi connectivity index (χ1) is 5.54. The van der Waals surface area contributed by atoms with Gasteiger partial charge in [-0.05, 0) is 12.1 Å². The van der Waals surface area contributed by atoms with Gasteiger partial charge in [-0.2, -0.15) is 0 Å². The zero-order valence-electron chi connectivity index (χ0n) is 6.02. The van der Waals surface area contributed by atoms with E-state index in [9.17, 15) is 13.2 Å². The van der Waals surface area contributed by atoms with Crippen molar-refractivity contribution in [3.05, 3.63) is 23.5 Å². The third-order valence-electron chi connectivity index (χ3n) is 1.49. The van der Waals surface area contributed by atoms with Crippen LogP contribution in [0, 0.1) is 5.82 Å². The molecule has 0 unspecified atom stereocenters. The molecule has 2 nitrogen and oxygen atoms in total. The third-order valence-corrected chi connectivity index (χ3v) is 1.49. The minimum atomic E-state index is -2.85. The Kier molecular flexibility index (Phi) is 2.12. The van der Waals surface area contributed by atoms with Gasteiger partial charge in [0.2, 0.25) is 0 Å². The fourth-order valence-corrected chi connectivity index (χ4v) is 0.870. The van der Waals surface area contributed by atoms with Crippen LogP contribution in [0.4, 0.5) is 24.5 Å². The van der Waals surface area contributed by atoms with Crippen molar-refractivity contribution in [2.75, 3.05) is 11.5 Å². The zero-order chi connectivity index (χ0) is 9.30. The summed E-state index contributed by atoms with van der Waals surface area (Å²) in [5.74, 6) is -0.875. The highest BCUT2D eigenvalue weighted by molar-refractivity contribution is 5.62. The number of nitrogen functional groups attached to an aromatic ring is 2. The highest BCUT2D eigenvalue weighted by atomic mass is 19.3. The van der Waals surface area contributed by atoms with Gasteiger partial charge in [0.25, 0.3) is 6.43 Å². The van der Waals surface area contributed by atoms with Crippen LogP contribution in [-0.2, 0) is 0 Å². The van der Waals surface area contributed by atoms with Crippen LogP contribution in [0.3, 0.4) is 0 Å². The molecule has 0 fully saturated rings. The van der Waals surface area contributed by atoms with Crippen molar-refractivity contribution in [2.45, 2.75) is 6.43 Å². The van der Waals surface area contributed by atoms with Crippen molar-refractivity contribution in [1.82, 2.24) is 0 Å². The van der Waals surface area contributed by atoms with Crippen molar-refractivity contribution in [1.29, 1.82) is 0 Å². The lowest BCUT2D eigenvalue weighted by Crippen LogP contribution is -2.02. The number of hydrogen-bond acceptors (Lipinski definition) is 2. The van der Waals surface area contributed by atoms with E-state index in [0.29, 0.717) is 0 Å². The van der Waals surface area contributed by atoms with Crippen molar-refractivity contribution in [3.63, 3.8) is 0 Å². The Morgan fingerprint density at radius 1 is 1.17 bits per heavy atom. The summed E-state index contributed by atoms with van der Waals surface area (Å²) in [6.07, 6.45) is -2.85. The highest BCUT2D eigenvalue weighted by Crippen LogP contribution is 2.31. The second kappa shape index (κ2) is 2.92. The van der Waals surface area contributed by atoms with Crippen molar-refractivity contribution < 1.29 is 13.2 Å². The molecule has 0 saturated carbocycles. The van der Waals surface area contributed by atoms with E-state index in [4.69, 9.17) is 11.5 Å². The number of halogens is 3. The summed E-state index contributed by atoms with van der Waals surface area (Å²) >= 11 is 0. The molecular weight excluding hydrogens is 169 g/mol. The number of benzene rings is 1. The fraction of sp³-hybridized carbons (Fsp3) is 0.143. The normalized spacial score (nSPS) is 10.7. The number of nitrogens with two attached hydrogens (primary N) is 2. The van der Waals surface area contributed by atoms with E-state index in [-0.39, 0.29) is 5.69 Å². The largest absolute Gasteiger partial charge is 0.398 e. The Labute approximate surface area is 67.0 Å². The van der Waals surface area contributed by atoms with Gasteiger partial charge < -0.3 is 11.5 Å². The molecule has 0 saturated heterocycles. The summed E-state index contributed by atoms with van der Waals surface area (Å²) in [7, 11) is 0. The molecule has 5 heteroatoms. The second-order valence-corrected chi connectivity index (χ2v) is 2.26. The van der Waals surface area contributed by atoms with Crippen molar-refractivity contribution in [2.24, 2.45) is 0 Å². The van der Waals surface area contributed by atoms with Crippen LogP contribution >= 0.6 is 0 Å². The predicted octanol–water partition coefficient (Wildman–Crippen LogP) is 1.93. The standard InChI is InChI=1S/C7H7F3N2/c8-3-1-2-4(11)5(6(3)12)7(9)10/h1-2,7H,11-12H2. The lowest BCUT2D eigenvalue weighted by Gasteiger charge is -2.07. The molecule has 0 heterocycles. The van der Waals surface area contributed by atoms with Gasteiger partial charge >= 0.3 is 0 Å². The molecule has 0 aromatic heterocycles. The first-order valence-electron chi connectivity index (χ1n) is 3.15. The maximum Gasteiger partial charge on any atom is 0.267 e. The maximum atomic E-state index is 12.6. The van der Waals surface area contributed by atoms with Gasteiger partial charge in [-0.3, -0.25) is 0 Å². The van der Waals surface area contributed by atoms with Gasteiger partial charge in [0.05, 0.1) is 11.3 Å². The summed E-state index contributed by atoms with van der Waals surface area (Å²) in [6, 6.07) is 2.02. The quantitative estimate of drug-likeness (QED) is 0.642. The van der Waals surface area contributed by atoms with E-state index in [1.54, 1.807) is 0 Å². The average Bonchev–Trinajstić information content (AvgIpc) is 1.97. The van der Waals surface area contributed by atoms with E-state index in [2.05, 4.69) is 0 Å². The summed E-state index contributed by atoms with van der Waals surface area (Å²) < 4.78 is 36.9.